The Morgan fingerprint density at radius 2 is 1.97 bits per heavy atom. The van der Waals surface area contributed by atoms with Gasteiger partial charge < -0.3 is 5.32 Å². The van der Waals surface area contributed by atoms with Gasteiger partial charge in [0.05, 0.1) is 15.7 Å². The minimum absolute atomic E-state index is 0.0798. The summed E-state index contributed by atoms with van der Waals surface area (Å²) < 4.78 is 27.6. The number of piperidine rings is 1. The molecule has 1 saturated heterocycles. The molecule has 1 heterocycles. The van der Waals surface area contributed by atoms with Gasteiger partial charge in [0.15, 0.2) is 0 Å². The summed E-state index contributed by atoms with van der Waals surface area (Å²) in [6.07, 6.45) is 1.12. The molecule has 0 aliphatic carbocycles. The van der Waals surface area contributed by atoms with Gasteiger partial charge in [0.25, 0.3) is 5.69 Å². The van der Waals surface area contributed by atoms with Crippen LogP contribution in [0.4, 0.5) is 11.4 Å². The van der Waals surface area contributed by atoms with Crippen LogP contribution in [-0.2, 0) is 14.8 Å². The highest BCUT2D eigenvalue weighted by atomic mass is 32.2. The SMILES string of the molecule is Cc1ccc(C)c(S(=O)(=O)N2CCC[C@@H](C(=O)Nc3cccc([N+](=O)[O-])c3)C2)c1. The first-order valence-electron chi connectivity index (χ1n) is 9.31. The molecule has 1 aliphatic heterocycles. The molecule has 0 spiro atoms. The van der Waals surface area contributed by atoms with Crippen molar-refractivity contribution in [2.75, 3.05) is 18.4 Å². The largest absolute Gasteiger partial charge is 0.326 e. The van der Waals surface area contributed by atoms with Gasteiger partial charge in [0.2, 0.25) is 15.9 Å². The molecule has 9 heteroatoms. The van der Waals surface area contributed by atoms with Gasteiger partial charge >= 0.3 is 0 Å². The lowest BCUT2D eigenvalue weighted by atomic mass is 9.98. The van der Waals surface area contributed by atoms with Crippen LogP contribution in [0.3, 0.4) is 0 Å². The summed E-state index contributed by atoms with van der Waals surface area (Å²) in [6, 6.07) is 11.0. The number of hydrogen-bond acceptors (Lipinski definition) is 5. The maximum atomic E-state index is 13.1. The number of aryl methyl sites for hydroxylation is 2. The highest BCUT2D eigenvalue weighted by Crippen LogP contribution is 2.27. The molecule has 2 aromatic rings. The number of nitro groups is 1. The number of carbonyl (C=O) groups excluding carboxylic acids is 1. The van der Waals surface area contributed by atoms with E-state index in [-0.39, 0.29) is 23.0 Å². The highest BCUT2D eigenvalue weighted by molar-refractivity contribution is 7.89. The molecule has 1 fully saturated rings. The number of hydrogen-bond donors (Lipinski definition) is 1. The van der Waals surface area contributed by atoms with Gasteiger partial charge in [-0.3, -0.25) is 14.9 Å². The number of sulfonamides is 1. The van der Waals surface area contributed by atoms with E-state index in [2.05, 4.69) is 5.32 Å². The molecule has 0 saturated carbocycles. The molecule has 154 valence electrons. The first-order valence-corrected chi connectivity index (χ1v) is 10.8. The molecule has 0 unspecified atom stereocenters. The van der Waals surface area contributed by atoms with Gasteiger partial charge in [0.1, 0.15) is 0 Å². The minimum atomic E-state index is -3.71. The maximum absolute atomic E-state index is 13.1. The number of anilines is 1. The third kappa shape index (κ3) is 4.63. The van der Waals surface area contributed by atoms with Crippen molar-refractivity contribution in [1.29, 1.82) is 0 Å². The Morgan fingerprint density at radius 3 is 2.69 bits per heavy atom. The zero-order chi connectivity index (χ0) is 21.2. The molecular weight excluding hydrogens is 394 g/mol. The van der Waals surface area contributed by atoms with Crippen molar-refractivity contribution >= 4 is 27.3 Å². The summed E-state index contributed by atoms with van der Waals surface area (Å²) in [5.74, 6) is -0.866. The maximum Gasteiger partial charge on any atom is 0.271 e. The number of benzene rings is 2. The number of carbonyl (C=O) groups is 1. The van der Waals surface area contributed by atoms with E-state index in [1.54, 1.807) is 25.1 Å². The number of non-ortho nitro benzene ring substituents is 1. The van der Waals surface area contributed by atoms with Crippen LogP contribution in [0.25, 0.3) is 0 Å². The van der Waals surface area contributed by atoms with Gasteiger partial charge in [-0.15, -0.1) is 0 Å². The molecule has 29 heavy (non-hydrogen) atoms. The molecule has 0 bridgehead atoms. The fourth-order valence-corrected chi connectivity index (χ4v) is 5.27. The van der Waals surface area contributed by atoms with E-state index >= 15 is 0 Å². The lowest BCUT2D eigenvalue weighted by Gasteiger charge is -2.31. The Balaban J connectivity index is 1.76. The van der Waals surface area contributed by atoms with Crippen LogP contribution in [0, 0.1) is 29.9 Å². The predicted molar refractivity (Wildman–Crippen MR) is 109 cm³/mol. The third-order valence-corrected chi connectivity index (χ3v) is 7.05. The van der Waals surface area contributed by atoms with Crippen molar-refractivity contribution in [2.24, 2.45) is 5.92 Å². The van der Waals surface area contributed by atoms with Crippen molar-refractivity contribution in [3.8, 4) is 0 Å². The Labute approximate surface area is 169 Å². The van der Waals surface area contributed by atoms with Gasteiger partial charge in [-0.25, -0.2) is 8.42 Å². The monoisotopic (exact) mass is 417 g/mol. The first kappa shape index (κ1) is 20.9. The molecule has 0 aromatic heterocycles. The minimum Gasteiger partial charge on any atom is -0.326 e. The molecule has 1 N–H and O–H groups in total. The standard InChI is InChI=1S/C20H23N3O5S/c1-14-8-9-15(2)19(11-14)29(27,28)22-10-4-5-16(13-22)20(24)21-17-6-3-7-18(12-17)23(25)26/h3,6-9,11-12,16H,4-5,10,13H2,1-2H3,(H,21,24)/t16-/m1/s1. The number of nitrogens with zero attached hydrogens (tertiary/aromatic N) is 2. The second kappa shape index (κ2) is 8.30. The Hall–Kier alpha value is -2.78. The van der Waals surface area contributed by atoms with Crippen LogP contribution in [0.5, 0.6) is 0 Å². The van der Waals surface area contributed by atoms with Crippen LogP contribution in [0.2, 0.25) is 0 Å². The summed E-state index contributed by atoms with van der Waals surface area (Å²) >= 11 is 0. The average Bonchev–Trinajstić information content (AvgIpc) is 2.70. The van der Waals surface area contributed by atoms with Crippen molar-refractivity contribution < 1.29 is 18.1 Å². The van der Waals surface area contributed by atoms with Crippen LogP contribution in [0.1, 0.15) is 24.0 Å². The Bertz CT molecular complexity index is 1050. The summed E-state index contributed by atoms with van der Waals surface area (Å²) in [5.41, 5.74) is 1.72. The molecule has 1 atom stereocenters. The predicted octanol–water partition coefficient (Wildman–Crippen LogP) is 3.25. The first-order chi connectivity index (χ1) is 13.7. The molecule has 1 aliphatic rings. The molecule has 2 aromatic carbocycles. The highest BCUT2D eigenvalue weighted by Gasteiger charge is 2.34. The van der Waals surface area contributed by atoms with E-state index in [1.165, 1.54) is 22.5 Å². The number of nitrogens with one attached hydrogen (secondary N) is 1. The lowest BCUT2D eigenvalue weighted by Crippen LogP contribution is -2.43. The zero-order valence-corrected chi connectivity index (χ0v) is 17.1. The van der Waals surface area contributed by atoms with E-state index in [0.29, 0.717) is 30.6 Å². The summed E-state index contributed by atoms with van der Waals surface area (Å²) in [5, 5.41) is 13.6. The van der Waals surface area contributed by atoms with Crippen LogP contribution >= 0.6 is 0 Å². The van der Waals surface area contributed by atoms with Crippen LogP contribution < -0.4 is 5.32 Å². The quantitative estimate of drug-likeness (QED) is 0.593. The summed E-state index contributed by atoms with van der Waals surface area (Å²) in [7, 11) is -3.71. The Morgan fingerprint density at radius 1 is 1.21 bits per heavy atom. The second-order valence-corrected chi connectivity index (χ2v) is 9.17. The van der Waals surface area contributed by atoms with Gasteiger partial charge in [-0.1, -0.05) is 18.2 Å². The number of rotatable bonds is 5. The van der Waals surface area contributed by atoms with Gasteiger partial charge in [-0.05, 0) is 49.9 Å². The van der Waals surface area contributed by atoms with E-state index in [9.17, 15) is 23.3 Å². The topological polar surface area (TPSA) is 110 Å². The van der Waals surface area contributed by atoms with Gasteiger partial charge in [-0.2, -0.15) is 4.31 Å². The fraction of sp³-hybridized carbons (Fsp3) is 0.350. The van der Waals surface area contributed by atoms with Crippen molar-refractivity contribution in [3.63, 3.8) is 0 Å². The summed E-state index contributed by atoms with van der Waals surface area (Å²) in [6.45, 7) is 4.03. The van der Waals surface area contributed by atoms with Crippen LogP contribution in [0.15, 0.2) is 47.4 Å². The van der Waals surface area contributed by atoms with Crippen LogP contribution in [-0.4, -0.2) is 36.6 Å². The van der Waals surface area contributed by atoms with Crippen molar-refractivity contribution in [3.05, 3.63) is 63.7 Å². The molecule has 8 nitrogen and oxygen atoms in total. The van der Waals surface area contributed by atoms with Gasteiger partial charge in [0, 0.05) is 30.9 Å². The molecular formula is C20H23N3O5S. The third-order valence-electron chi connectivity index (χ3n) is 5.04. The van der Waals surface area contributed by atoms with E-state index < -0.39 is 20.9 Å². The molecule has 0 radical (unpaired) electrons. The number of amides is 1. The smallest absolute Gasteiger partial charge is 0.271 e. The molecule has 1 amide bonds. The van der Waals surface area contributed by atoms with Crippen molar-refractivity contribution in [2.45, 2.75) is 31.6 Å². The van der Waals surface area contributed by atoms with E-state index in [1.807, 2.05) is 13.0 Å². The van der Waals surface area contributed by atoms with Crippen molar-refractivity contribution in [1.82, 2.24) is 4.31 Å². The van der Waals surface area contributed by atoms with E-state index in [0.717, 1.165) is 5.56 Å². The Kier molecular flexibility index (Phi) is 5.99. The average molecular weight is 417 g/mol. The normalized spacial score (nSPS) is 17.7. The zero-order valence-electron chi connectivity index (χ0n) is 16.3. The molecule has 3 rings (SSSR count). The summed E-state index contributed by atoms with van der Waals surface area (Å²) in [4.78, 5) is 23.3. The fourth-order valence-electron chi connectivity index (χ4n) is 3.44. The van der Waals surface area contributed by atoms with E-state index in [4.69, 9.17) is 0 Å². The number of nitro benzene ring substituents is 1. The second-order valence-electron chi connectivity index (χ2n) is 7.27. The lowest BCUT2D eigenvalue weighted by molar-refractivity contribution is -0.384.